The molecule has 0 radical (unpaired) electrons. The number of ether oxygens (including phenoxy) is 2. The molecule has 0 saturated carbocycles. The molecule has 2 aromatic carbocycles. The predicted molar refractivity (Wildman–Crippen MR) is 96.9 cm³/mol. The Bertz CT molecular complexity index is 757. The summed E-state index contributed by atoms with van der Waals surface area (Å²) in [6, 6.07) is 17.2. The molecule has 0 fully saturated rings. The highest BCUT2D eigenvalue weighted by molar-refractivity contribution is 6.01. The van der Waals surface area contributed by atoms with Crippen LogP contribution >= 0.6 is 0 Å². The highest BCUT2D eigenvalue weighted by Crippen LogP contribution is 2.30. The highest BCUT2D eigenvalue weighted by Gasteiger charge is 2.27. The largest absolute Gasteiger partial charge is 0.485 e. The second-order valence-electron chi connectivity index (χ2n) is 6.36. The van der Waals surface area contributed by atoms with Gasteiger partial charge in [0.2, 0.25) is 6.10 Å². The third kappa shape index (κ3) is 4.38. The molecule has 1 unspecified atom stereocenters. The fraction of sp³-hybridized carbons (Fsp3) is 0.300. The minimum Gasteiger partial charge on any atom is -0.485 e. The fourth-order valence-corrected chi connectivity index (χ4v) is 2.59. The van der Waals surface area contributed by atoms with Crippen LogP contribution in [-0.4, -0.2) is 24.3 Å². The molecule has 1 amide bonds. The van der Waals surface area contributed by atoms with Gasteiger partial charge in [0.15, 0.2) is 11.5 Å². The van der Waals surface area contributed by atoms with E-state index in [9.17, 15) is 4.79 Å². The van der Waals surface area contributed by atoms with E-state index in [0.29, 0.717) is 17.4 Å². The zero-order valence-corrected chi connectivity index (χ0v) is 14.4. The van der Waals surface area contributed by atoms with Crippen molar-refractivity contribution < 1.29 is 14.3 Å². The van der Waals surface area contributed by atoms with E-state index < -0.39 is 6.10 Å². The first kappa shape index (κ1) is 17.0. The minimum atomic E-state index is -0.713. The summed E-state index contributed by atoms with van der Waals surface area (Å²) in [5.41, 5.74) is 4.48. The first-order chi connectivity index (χ1) is 12.1. The summed E-state index contributed by atoms with van der Waals surface area (Å²) in [4.78, 5) is 12.4. The van der Waals surface area contributed by atoms with Gasteiger partial charge in [-0.1, -0.05) is 56.3 Å². The molecular formula is C20H22N2O3. The van der Waals surface area contributed by atoms with Gasteiger partial charge >= 0.3 is 0 Å². The summed E-state index contributed by atoms with van der Waals surface area (Å²) in [6.07, 6.45) is 0.0597. The molecule has 0 aromatic heterocycles. The number of carbonyl (C=O) groups is 1. The van der Waals surface area contributed by atoms with Crippen LogP contribution in [0.25, 0.3) is 0 Å². The number of hydrogen-bond donors (Lipinski definition) is 1. The second kappa shape index (κ2) is 7.83. The number of hydrogen-bond acceptors (Lipinski definition) is 4. The molecule has 1 aliphatic heterocycles. The lowest BCUT2D eigenvalue weighted by molar-refractivity contribution is -0.130. The summed E-state index contributed by atoms with van der Waals surface area (Å²) < 4.78 is 11.3. The van der Waals surface area contributed by atoms with Crippen LogP contribution < -0.4 is 14.9 Å². The summed E-state index contributed by atoms with van der Waals surface area (Å²) >= 11 is 0. The maximum Gasteiger partial charge on any atom is 0.284 e. The topological polar surface area (TPSA) is 59.9 Å². The smallest absolute Gasteiger partial charge is 0.284 e. The molecule has 0 aliphatic carbocycles. The molecular weight excluding hydrogens is 316 g/mol. The molecule has 3 rings (SSSR count). The van der Waals surface area contributed by atoms with E-state index in [1.54, 1.807) is 6.07 Å². The van der Waals surface area contributed by atoms with Crippen molar-refractivity contribution >= 4 is 11.6 Å². The van der Waals surface area contributed by atoms with Crippen molar-refractivity contribution in [3.8, 4) is 11.5 Å². The van der Waals surface area contributed by atoms with Crippen LogP contribution in [-0.2, 0) is 4.79 Å². The number of nitrogens with one attached hydrogen (secondary N) is 1. The van der Waals surface area contributed by atoms with Crippen LogP contribution in [0.1, 0.15) is 25.8 Å². The van der Waals surface area contributed by atoms with E-state index in [2.05, 4.69) is 24.4 Å². The van der Waals surface area contributed by atoms with Crippen LogP contribution in [0.3, 0.4) is 0 Å². The molecule has 5 heteroatoms. The molecule has 2 aromatic rings. The Balaban J connectivity index is 1.69. The van der Waals surface area contributed by atoms with Gasteiger partial charge in [-0.25, -0.2) is 5.43 Å². The summed E-state index contributed by atoms with van der Waals surface area (Å²) in [7, 11) is 0. The zero-order chi connectivity index (χ0) is 17.6. The van der Waals surface area contributed by atoms with Gasteiger partial charge in [-0.15, -0.1) is 0 Å². The van der Waals surface area contributed by atoms with E-state index in [1.165, 1.54) is 0 Å². The Hall–Kier alpha value is -2.82. The van der Waals surface area contributed by atoms with E-state index >= 15 is 0 Å². The van der Waals surface area contributed by atoms with Crippen molar-refractivity contribution in [2.75, 3.05) is 6.61 Å². The lowest BCUT2D eigenvalue weighted by atomic mass is 10.0. The molecule has 130 valence electrons. The first-order valence-electron chi connectivity index (χ1n) is 8.44. The van der Waals surface area contributed by atoms with Crippen LogP contribution in [0.15, 0.2) is 59.7 Å². The average molecular weight is 338 g/mol. The molecule has 25 heavy (non-hydrogen) atoms. The lowest BCUT2D eigenvalue weighted by Gasteiger charge is -2.25. The summed E-state index contributed by atoms with van der Waals surface area (Å²) in [5.74, 6) is 1.34. The molecule has 0 saturated heterocycles. The second-order valence-corrected chi connectivity index (χ2v) is 6.36. The van der Waals surface area contributed by atoms with Gasteiger partial charge in [-0.05, 0) is 30.0 Å². The normalized spacial score (nSPS) is 16.6. The molecule has 0 bridgehead atoms. The van der Waals surface area contributed by atoms with Crippen LogP contribution in [0.4, 0.5) is 0 Å². The number of para-hydroxylation sites is 2. The Morgan fingerprint density at radius 1 is 1.12 bits per heavy atom. The molecule has 1 aliphatic rings. The number of benzene rings is 2. The van der Waals surface area contributed by atoms with Gasteiger partial charge in [0.05, 0.1) is 5.71 Å². The monoisotopic (exact) mass is 338 g/mol. The Morgan fingerprint density at radius 2 is 1.80 bits per heavy atom. The Kier molecular flexibility index (Phi) is 5.33. The number of nitrogens with zero attached hydrogens (tertiary/aromatic N) is 1. The quantitative estimate of drug-likeness (QED) is 0.671. The zero-order valence-electron chi connectivity index (χ0n) is 14.4. The highest BCUT2D eigenvalue weighted by atomic mass is 16.6. The number of amides is 1. The fourth-order valence-electron chi connectivity index (χ4n) is 2.59. The number of carbonyl (C=O) groups excluding carboxylic acids is 1. The SMILES string of the molecule is CC(C)CC(=NNC(=O)C1COc2ccccc2O1)c1ccccc1. The number of rotatable bonds is 5. The molecule has 0 spiro atoms. The first-order valence-corrected chi connectivity index (χ1v) is 8.44. The molecule has 1 atom stereocenters. The van der Waals surface area contributed by atoms with Crippen LogP contribution in [0.5, 0.6) is 11.5 Å². The standard InChI is InChI=1S/C20H22N2O3/c1-14(2)12-16(15-8-4-3-5-9-15)21-22-20(23)19-13-24-17-10-6-7-11-18(17)25-19/h3-11,14,19H,12-13H2,1-2H3,(H,22,23). The lowest BCUT2D eigenvalue weighted by Crippen LogP contribution is -2.42. The van der Waals surface area contributed by atoms with Gasteiger partial charge in [0, 0.05) is 0 Å². The van der Waals surface area contributed by atoms with Crippen molar-refractivity contribution in [1.82, 2.24) is 5.43 Å². The minimum absolute atomic E-state index is 0.170. The van der Waals surface area contributed by atoms with E-state index in [4.69, 9.17) is 9.47 Å². The van der Waals surface area contributed by atoms with Crippen LogP contribution in [0, 0.1) is 5.92 Å². The maximum absolute atomic E-state index is 12.4. The molecule has 5 nitrogen and oxygen atoms in total. The van der Waals surface area contributed by atoms with E-state index in [1.807, 2.05) is 48.5 Å². The van der Waals surface area contributed by atoms with Gasteiger partial charge in [0.1, 0.15) is 6.61 Å². The van der Waals surface area contributed by atoms with Crippen molar-refractivity contribution in [3.63, 3.8) is 0 Å². The van der Waals surface area contributed by atoms with Gasteiger partial charge in [-0.2, -0.15) is 5.10 Å². The van der Waals surface area contributed by atoms with Gasteiger partial charge in [-0.3, -0.25) is 4.79 Å². The van der Waals surface area contributed by atoms with E-state index in [0.717, 1.165) is 17.7 Å². The van der Waals surface area contributed by atoms with Crippen molar-refractivity contribution in [3.05, 3.63) is 60.2 Å². The van der Waals surface area contributed by atoms with Gasteiger partial charge < -0.3 is 9.47 Å². The molecule has 1 N–H and O–H groups in total. The summed E-state index contributed by atoms with van der Waals surface area (Å²) in [6.45, 7) is 4.41. The van der Waals surface area contributed by atoms with Gasteiger partial charge in [0.25, 0.3) is 5.91 Å². The third-order valence-electron chi connectivity index (χ3n) is 3.81. The van der Waals surface area contributed by atoms with Crippen molar-refractivity contribution in [2.45, 2.75) is 26.4 Å². The Labute approximate surface area is 147 Å². The predicted octanol–water partition coefficient (Wildman–Crippen LogP) is 3.39. The van der Waals surface area contributed by atoms with Crippen LogP contribution in [0.2, 0.25) is 0 Å². The maximum atomic E-state index is 12.4. The Morgan fingerprint density at radius 3 is 2.52 bits per heavy atom. The van der Waals surface area contributed by atoms with E-state index in [-0.39, 0.29) is 12.5 Å². The summed E-state index contributed by atoms with van der Waals surface area (Å²) in [5, 5.41) is 4.35. The average Bonchev–Trinajstić information content (AvgIpc) is 2.65. The van der Waals surface area contributed by atoms with Crippen molar-refractivity contribution in [2.24, 2.45) is 11.0 Å². The third-order valence-corrected chi connectivity index (χ3v) is 3.81. The number of fused-ring (bicyclic) bond motifs is 1. The van der Waals surface area contributed by atoms with Crippen molar-refractivity contribution in [1.29, 1.82) is 0 Å². The molecule has 1 heterocycles. The number of hydrazone groups is 1.